The molecule has 1 fully saturated rings. The quantitative estimate of drug-likeness (QED) is 0.869. The van der Waals surface area contributed by atoms with E-state index in [1.54, 1.807) is 11.3 Å². The first-order chi connectivity index (χ1) is 8.21. The molecule has 1 saturated carbocycles. The Hall–Kier alpha value is -0.970. The van der Waals surface area contributed by atoms with E-state index in [1.807, 2.05) is 18.2 Å². The number of para-hydroxylation sites is 1. The molecule has 0 bridgehead atoms. The average Bonchev–Trinajstić information content (AvgIpc) is 3.11. The molecular formula is C13H16N2OS. The van der Waals surface area contributed by atoms with Crippen LogP contribution in [0.4, 0.5) is 0 Å². The molecule has 1 heterocycles. The van der Waals surface area contributed by atoms with Gasteiger partial charge < -0.3 is 10.8 Å². The van der Waals surface area contributed by atoms with Crippen LogP contribution >= 0.6 is 11.3 Å². The molecule has 3 nitrogen and oxygen atoms in total. The van der Waals surface area contributed by atoms with Gasteiger partial charge in [0.1, 0.15) is 0 Å². The first-order valence-electron chi connectivity index (χ1n) is 5.98. The maximum Gasteiger partial charge on any atom is 0.0967 e. The average molecular weight is 248 g/mol. The van der Waals surface area contributed by atoms with Crippen molar-refractivity contribution >= 4 is 21.6 Å². The lowest BCUT2D eigenvalue weighted by Crippen LogP contribution is -2.42. The van der Waals surface area contributed by atoms with Gasteiger partial charge in [0, 0.05) is 13.0 Å². The van der Waals surface area contributed by atoms with Crippen molar-refractivity contribution in [1.82, 2.24) is 4.98 Å². The van der Waals surface area contributed by atoms with Crippen LogP contribution in [0.1, 0.15) is 17.8 Å². The first kappa shape index (κ1) is 11.1. The fourth-order valence-corrected chi connectivity index (χ4v) is 3.35. The van der Waals surface area contributed by atoms with Crippen molar-refractivity contribution in [3.05, 3.63) is 29.3 Å². The van der Waals surface area contributed by atoms with Crippen molar-refractivity contribution in [3.63, 3.8) is 0 Å². The van der Waals surface area contributed by atoms with E-state index in [4.69, 9.17) is 5.73 Å². The number of hydrogen-bond donors (Lipinski definition) is 2. The number of hydrogen-bond acceptors (Lipinski definition) is 4. The zero-order chi connectivity index (χ0) is 11.9. The molecule has 0 radical (unpaired) electrons. The molecule has 0 saturated heterocycles. The van der Waals surface area contributed by atoms with Crippen molar-refractivity contribution < 1.29 is 5.11 Å². The van der Waals surface area contributed by atoms with E-state index in [1.165, 1.54) is 4.70 Å². The number of aromatic nitrogens is 1. The predicted octanol–water partition coefficient (Wildman–Crippen LogP) is 1.94. The van der Waals surface area contributed by atoms with Crippen LogP contribution in [0.5, 0.6) is 0 Å². The molecule has 1 unspecified atom stereocenters. The van der Waals surface area contributed by atoms with Crippen LogP contribution in [-0.2, 0) is 6.42 Å². The zero-order valence-electron chi connectivity index (χ0n) is 9.60. The van der Waals surface area contributed by atoms with E-state index in [-0.39, 0.29) is 0 Å². The molecule has 0 spiro atoms. The molecule has 3 N–H and O–H groups in total. The summed E-state index contributed by atoms with van der Waals surface area (Å²) in [4.78, 5) is 4.56. The minimum absolute atomic E-state index is 0.327. The zero-order valence-corrected chi connectivity index (χ0v) is 10.4. The number of nitrogens with zero attached hydrogens (tertiary/aromatic N) is 1. The summed E-state index contributed by atoms with van der Waals surface area (Å²) in [5.41, 5.74) is 5.99. The number of benzene rings is 1. The van der Waals surface area contributed by atoms with Crippen LogP contribution in [0.2, 0.25) is 0 Å². The van der Waals surface area contributed by atoms with Gasteiger partial charge in [-0.3, -0.25) is 0 Å². The molecule has 1 atom stereocenters. The summed E-state index contributed by atoms with van der Waals surface area (Å²) in [7, 11) is 0. The van der Waals surface area contributed by atoms with Crippen LogP contribution in [0, 0.1) is 5.92 Å². The minimum atomic E-state index is -0.742. The molecular weight excluding hydrogens is 232 g/mol. The molecule has 17 heavy (non-hydrogen) atoms. The Morgan fingerprint density at radius 2 is 2.18 bits per heavy atom. The normalized spacial score (nSPS) is 19.4. The number of nitrogens with two attached hydrogens (primary N) is 1. The summed E-state index contributed by atoms with van der Waals surface area (Å²) in [5, 5.41) is 11.5. The summed E-state index contributed by atoms with van der Waals surface area (Å²) >= 11 is 1.66. The molecule has 0 amide bonds. The molecule has 1 aromatic heterocycles. The second-order valence-corrected chi connectivity index (χ2v) is 5.95. The molecule has 3 rings (SSSR count). The fourth-order valence-electron chi connectivity index (χ4n) is 2.26. The first-order valence-corrected chi connectivity index (χ1v) is 6.80. The summed E-state index contributed by atoms with van der Waals surface area (Å²) < 4.78 is 1.18. The molecule has 1 aliphatic carbocycles. The largest absolute Gasteiger partial charge is 0.388 e. The summed E-state index contributed by atoms with van der Waals surface area (Å²) in [6.07, 6.45) is 2.78. The Morgan fingerprint density at radius 1 is 1.41 bits per heavy atom. The van der Waals surface area contributed by atoms with Gasteiger partial charge >= 0.3 is 0 Å². The number of aliphatic hydroxyl groups is 1. The maximum atomic E-state index is 10.5. The van der Waals surface area contributed by atoms with E-state index in [0.717, 1.165) is 23.4 Å². The highest BCUT2D eigenvalue weighted by Gasteiger charge is 2.43. The van der Waals surface area contributed by atoms with Gasteiger partial charge in [-0.25, -0.2) is 4.98 Å². The van der Waals surface area contributed by atoms with Crippen LogP contribution < -0.4 is 5.73 Å². The minimum Gasteiger partial charge on any atom is -0.388 e. The van der Waals surface area contributed by atoms with Gasteiger partial charge in [-0.2, -0.15) is 0 Å². The summed E-state index contributed by atoms with van der Waals surface area (Å²) in [6.45, 7) is 0.327. The van der Waals surface area contributed by atoms with Gasteiger partial charge in [0.25, 0.3) is 0 Å². The number of fused-ring (bicyclic) bond motifs is 1. The maximum absolute atomic E-state index is 10.5. The third-order valence-corrected chi connectivity index (χ3v) is 4.52. The highest BCUT2D eigenvalue weighted by atomic mass is 32.1. The van der Waals surface area contributed by atoms with Gasteiger partial charge in [0.15, 0.2) is 0 Å². The van der Waals surface area contributed by atoms with Gasteiger partial charge in [-0.05, 0) is 30.9 Å². The Labute approximate surface area is 104 Å². The van der Waals surface area contributed by atoms with E-state index >= 15 is 0 Å². The summed E-state index contributed by atoms with van der Waals surface area (Å²) in [5.74, 6) is 0.375. The predicted molar refractivity (Wildman–Crippen MR) is 70.1 cm³/mol. The molecule has 2 aromatic rings. The lowest BCUT2D eigenvalue weighted by Gasteiger charge is -2.25. The Balaban J connectivity index is 1.88. The molecule has 1 aliphatic rings. The van der Waals surface area contributed by atoms with Crippen molar-refractivity contribution in [2.24, 2.45) is 11.7 Å². The fraction of sp³-hybridized carbons (Fsp3) is 0.462. The Bertz CT molecular complexity index is 502. The number of rotatable bonds is 4. The second-order valence-electron chi connectivity index (χ2n) is 4.83. The molecule has 4 heteroatoms. The van der Waals surface area contributed by atoms with Crippen LogP contribution in [0.25, 0.3) is 10.2 Å². The lowest BCUT2D eigenvalue weighted by atomic mass is 9.94. The molecule has 90 valence electrons. The van der Waals surface area contributed by atoms with Crippen molar-refractivity contribution in [3.8, 4) is 0 Å². The Kier molecular flexibility index (Phi) is 2.65. The van der Waals surface area contributed by atoms with E-state index in [2.05, 4.69) is 11.1 Å². The SMILES string of the molecule is NCC(O)(Cc1nc2ccccc2s1)C1CC1. The van der Waals surface area contributed by atoms with Crippen molar-refractivity contribution in [1.29, 1.82) is 0 Å². The lowest BCUT2D eigenvalue weighted by molar-refractivity contribution is 0.0267. The van der Waals surface area contributed by atoms with Gasteiger partial charge in [-0.15, -0.1) is 11.3 Å². The third-order valence-electron chi connectivity index (χ3n) is 3.49. The second kappa shape index (κ2) is 4.05. The van der Waals surface area contributed by atoms with E-state index in [9.17, 15) is 5.11 Å². The van der Waals surface area contributed by atoms with E-state index < -0.39 is 5.60 Å². The monoisotopic (exact) mass is 248 g/mol. The van der Waals surface area contributed by atoms with E-state index in [0.29, 0.717) is 18.9 Å². The number of thiazole rings is 1. The van der Waals surface area contributed by atoms with Gasteiger partial charge in [0.2, 0.25) is 0 Å². The smallest absolute Gasteiger partial charge is 0.0967 e. The van der Waals surface area contributed by atoms with Crippen molar-refractivity contribution in [2.75, 3.05) is 6.54 Å². The topological polar surface area (TPSA) is 59.1 Å². The van der Waals surface area contributed by atoms with Gasteiger partial charge in [-0.1, -0.05) is 12.1 Å². The van der Waals surface area contributed by atoms with Crippen molar-refractivity contribution in [2.45, 2.75) is 24.9 Å². The standard InChI is InChI=1S/C13H16N2OS/c14-8-13(16,9-5-6-9)7-12-15-10-3-1-2-4-11(10)17-12/h1-4,9,16H,5-8,14H2. The molecule has 1 aromatic carbocycles. The van der Waals surface area contributed by atoms with Gasteiger partial charge in [0.05, 0.1) is 20.8 Å². The van der Waals surface area contributed by atoms with Crippen LogP contribution in [0.15, 0.2) is 24.3 Å². The highest BCUT2D eigenvalue weighted by Crippen LogP contribution is 2.41. The summed E-state index contributed by atoms with van der Waals surface area (Å²) in [6, 6.07) is 8.07. The highest BCUT2D eigenvalue weighted by molar-refractivity contribution is 7.18. The molecule has 0 aliphatic heterocycles. The Morgan fingerprint density at radius 3 is 2.82 bits per heavy atom. The van der Waals surface area contributed by atoms with Crippen LogP contribution in [-0.4, -0.2) is 22.2 Å². The van der Waals surface area contributed by atoms with Crippen LogP contribution in [0.3, 0.4) is 0 Å². The third kappa shape index (κ3) is 2.08.